The highest BCUT2D eigenvalue weighted by molar-refractivity contribution is 6.35. The first-order valence-corrected chi connectivity index (χ1v) is 6.58. The van der Waals surface area contributed by atoms with Gasteiger partial charge in [0.15, 0.2) is 0 Å². The van der Waals surface area contributed by atoms with Crippen molar-refractivity contribution in [1.29, 1.82) is 0 Å². The Morgan fingerprint density at radius 2 is 1.75 bits per heavy atom. The summed E-state index contributed by atoms with van der Waals surface area (Å²) in [7, 11) is 5.45. The third-order valence-electron chi connectivity index (χ3n) is 2.42. The Bertz CT molecular complexity index is 617. The average Bonchev–Trinajstić information content (AvgIpc) is 2.42. The fourth-order valence-electron chi connectivity index (χ4n) is 1.45. The van der Waals surface area contributed by atoms with Crippen molar-refractivity contribution in [2.75, 3.05) is 36.7 Å². The van der Waals surface area contributed by atoms with Crippen LogP contribution in [-0.2, 0) is 0 Å². The molecule has 0 amide bonds. The second-order valence-electron chi connectivity index (χ2n) is 4.18. The van der Waals surface area contributed by atoms with Gasteiger partial charge in [-0.25, -0.2) is 0 Å². The van der Waals surface area contributed by atoms with Crippen molar-refractivity contribution in [3.05, 3.63) is 28.2 Å². The van der Waals surface area contributed by atoms with Crippen LogP contribution in [0.1, 0.15) is 0 Å². The summed E-state index contributed by atoms with van der Waals surface area (Å²) in [6.07, 6.45) is 0. The standard InChI is InChI=1S/C12H14Cl2N6/c1-15-10-17-11(19-12(18-10)20(2)3)16-9-6-7(13)4-5-8(9)14/h4-6H,1-3H3,(H2,15,16,17,18,19). The quantitative estimate of drug-likeness (QED) is 0.904. The Morgan fingerprint density at radius 1 is 1.05 bits per heavy atom. The number of anilines is 4. The van der Waals surface area contributed by atoms with E-state index >= 15 is 0 Å². The first-order chi connectivity index (χ1) is 9.49. The molecular weight excluding hydrogens is 299 g/mol. The van der Waals surface area contributed by atoms with Crippen LogP contribution in [0.2, 0.25) is 10.0 Å². The molecule has 0 atom stereocenters. The maximum absolute atomic E-state index is 6.10. The Balaban J connectivity index is 2.37. The molecular formula is C12H14Cl2N6. The van der Waals surface area contributed by atoms with Crippen LogP contribution in [0.25, 0.3) is 0 Å². The molecule has 0 aliphatic carbocycles. The SMILES string of the molecule is CNc1nc(Nc2cc(Cl)ccc2Cl)nc(N(C)C)n1. The second-order valence-corrected chi connectivity index (χ2v) is 5.02. The number of rotatable bonds is 4. The molecule has 0 bridgehead atoms. The van der Waals surface area contributed by atoms with Crippen molar-refractivity contribution in [3.63, 3.8) is 0 Å². The fourth-order valence-corrected chi connectivity index (χ4v) is 1.78. The molecule has 1 aromatic carbocycles. The van der Waals surface area contributed by atoms with E-state index in [-0.39, 0.29) is 0 Å². The first kappa shape index (κ1) is 14.6. The molecule has 0 saturated heterocycles. The number of aromatic nitrogens is 3. The molecule has 0 saturated carbocycles. The van der Waals surface area contributed by atoms with E-state index in [0.717, 1.165) is 0 Å². The second kappa shape index (κ2) is 6.11. The van der Waals surface area contributed by atoms with Crippen molar-refractivity contribution >= 4 is 46.7 Å². The molecule has 0 aliphatic rings. The van der Waals surface area contributed by atoms with E-state index in [1.165, 1.54) is 0 Å². The van der Waals surface area contributed by atoms with Crippen molar-refractivity contribution in [2.45, 2.75) is 0 Å². The van der Waals surface area contributed by atoms with Gasteiger partial charge in [-0.05, 0) is 18.2 Å². The molecule has 106 valence electrons. The van der Waals surface area contributed by atoms with Gasteiger partial charge in [0, 0.05) is 26.2 Å². The number of halogens is 2. The highest BCUT2D eigenvalue weighted by Crippen LogP contribution is 2.27. The molecule has 0 fully saturated rings. The molecule has 8 heteroatoms. The Hall–Kier alpha value is -1.79. The Labute approximate surface area is 127 Å². The normalized spacial score (nSPS) is 10.2. The van der Waals surface area contributed by atoms with Crippen LogP contribution >= 0.6 is 23.2 Å². The summed E-state index contributed by atoms with van der Waals surface area (Å²) in [5.74, 6) is 1.38. The summed E-state index contributed by atoms with van der Waals surface area (Å²) in [4.78, 5) is 14.5. The van der Waals surface area contributed by atoms with Crippen LogP contribution in [-0.4, -0.2) is 36.1 Å². The molecule has 6 nitrogen and oxygen atoms in total. The molecule has 1 aromatic heterocycles. The largest absolute Gasteiger partial charge is 0.357 e. The van der Waals surface area contributed by atoms with Gasteiger partial charge in [-0.2, -0.15) is 15.0 Å². The van der Waals surface area contributed by atoms with E-state index in [9.17, 15) is 0 Å². The van der Waals surface area contributed by atoms with E-state index in [1.54, 1.807) is 30.1 Å². The molecule has 20 heavy (non-hydrogen) atoms. The summed E-state index contributed by atoms with van der Waals surface area (Å²) in [6.45, 7) is 0. The van der Waals surface area contributed by atoms with Crippen LogP contribution in [0, 0.1) is 0 Å². The Morgan fingerprint density at radius 3 is 2.40 bits per heavy atom. The first-order valence-electron chi connectivity index (χ1n) is 5.83. The van der Waals surface area contributed by atoms with Gasteiger partial charge >= 0.3 is 0 Å². The van der Waals surface area contributed by atoms with E-state index in [2.05, 4.69) is 25.6 Å². The minimum Gasteiger partial charge on any atom is -0.357 e. The molecule has 2 N–H and O–H groups in total. The summed E-state index contributed by atoms with van der Waals surface area (Å²) in [5.41, 5.74) is 0.636. The third kappa shape index (κ3) is 3.40. The predicted molar refractivity (Wildman–Crippen MR) is 83.4 cm³/mol. The van der Waals surface area contributed by atoms with Gasteiger partial charge < -0.3 is 15.5 Å². The zero-order valence-corrected chi connectivity index (χ0v) is 12.8. The van der Waals surface area contributed by atoms with E-state index in [1.807, 2.05) is 14.1 Å². The number of hydrogen-bond acceptors (Lipinski definition) is 6. The molecule has 0 unspecified atom stereocenters. The third-order valence-corrected chi connectivity index (χ3v) is 2.99. The molecule has 0 spiro atoms. The summed E-state index contributed by atoms with van der Waals surface area (Å²) in [6, 6.07) is 5.13. The topological polar surface area (TPSA) is 66.0 Å². The van der Waals surface area contributed by atoms with Gasteiger partial charge in [-0.1, -0.05) is 23.2 Å². The van der Waals surface area contributed by atoms with Crippen LogP contribution in [0.15, 0.2) is 18.2 Å². The maximum atomic E-state index is 6.10. The number of nitrogens with one attached hydrogen (secondary N) is 2. The molecule has 2 aromatic rings. The molecule has 0 radical (unpaired) electrons. The van der Waals surface area contributed by atoms with Crippen molar-refractivity contribution in [2.24, 2.45) is 0 Å². The van der Waals surface area contributed by atoms with Gasteiger partial charge in [0.2, 0.25) is 17.8 Å². The number of benzene rings is 1. The van der Waals surface area contributed by atoms with Crippen LogP contribution < -0.4 is 15.5 Å². The predicted octanol–water partition coefficient (Wildman–Crippen LogP) is 3.03. The maximum Gasteiger partial charge on any atom is 0.233 e. The zero-order chi connectivity index (χ0) is 14.7. The van der Waals surface area contributed by atoms with Crippen LogP contribution in [0.3, 0.4) is 0 Å². The summed E-state index contributed by atoms with van der Waals surface area (Å²) in [5, 5.41) is 7.04. The van der Waals surface area contributed by atoms with Gasteiger partial charge in [-0.3, -0.25) is 0 Å². The number of nitrogens with zero attached hydrogens (tertiary/aromatic N) is 4. The molecule has 1 heterocycles. The Kier molecular flexibility index (Phi) is 4.46. The van der Waals surface area contributed by atoms with E-state index < -0.39 is 0 Å². The average molecular weight is 313 g/mol. The smallest absolute Gasteiger partial charge is 0.233 e. The monoisotopic (exact) mass is 312 g/mol. The lowest BCUT2D eigenvalue weighted by Gasteiger charge is -2.13. The molecule has 2 rings (SSSR count). The van der Waals surface area contributed by atoms with Gasteiger partial charge in [0.05, 0.1) is 10.7 Å². The van der Waals surface area contributed by atoms with Crippen LogP contribution in [0.4, 0.5) is 23.5 Å². The van der Waals surface area contributed by atoms with Crippen molar-refractivity contribution < 1.29 is 0 Å². The summed E-state index contributed by atoms with van der Waals surface area (Å²) < 4.78 is 0. The highest BCUT2D eigenvalue weighted by Gasteiger charge is 2.09. The van der Waals surface area contributed by atoms with E-state index in [0.29, 0.717) is 33.6 Å². The zero-order valence-electron chi connectivity index (χ0n) is 11.3. The van der Waals surface area contributed by atoms with Crippen LogP contribution in [0.5, 0.6) is 0 Å². The van der Waals surface area contributed by atoms with Gasteiger partial charge in [0.1, 0.15) is 0 Å². The minimum absolute atomic E-state index is 0.386. The highest BCUT2D eigenvalue weighted by atomic mass is 35.5. The minimum atomic E-state index is 0.386. The van der Waals surface area contributed by atoms with Gasteiger partial charge in [-0.15, -0.1) is 0 Å². The van der Waals surface area contributed by atoms with Crippen molar-refractivity contribution in [1.82, 2.24) is 15.0 Å². The van der Waals surface area contributed by atoms with Gasteiger partial charge in [0.25, 0.3) is 0 Å². The lowest BCUT2D eigenvalue weighted by molar-refractivity contribution is 0.963. The lowest BCUT2D eigenvalue weighted by Crippen LogP contribution is -2.15. The van der Waals surface area contributed by atoms with Crippen molar-refractivity contribution in [3.8, 4) is 0 Å². The summed E-state index contributed by atoms with van der Waals surface area (Å²) >= 11 is 12.1. The number of hydrogen-bond donors (Lipinski definition) is 2. The molecule has 0 aliphatic heterocycles. The fraction of sp³-hybridized carbons (Fsp3) is 0.250. The van der Waals surface area contributed by atoms with E-state index in [4.69, 9.17) is 23.2 Å². The lowest BCUT2D eigenvalue weighted by atomic mass is 10.3.